The maximum absolute atomic E-state index is 11.2. The number of anilines is 1. The van der Waals surface area contributed by atoms with Gasteiger partial charge in [0.15, 0.2) is 0 Å². The summed E-state index contributed by atoms with van der Waals surface area (Å²) >= 11 is 1.38. The van der Waals surface area contributed by atoms with Gasteiger partial charge in [-0.05, 0) is 48.7 Å². The van der Waals surface area contributed by atoms with Crippen molar-refractivity contribution in [1.82, 2.24) is 4.98 Å². The number of amides is 1. The summed E-state index contributed by atoms with van der Waals surface area (Å²) in [6.07, 6.45) is 1.71. The van der Waals surface area contributed by atoms with Gasteiger partial charge in [0.1, 0.15) is 6.07 Å². The SMILES string of the molecule is Cc1ccc(NSc2cccc(C(N)=O)c2)c2[nH]cc(C#N)c12. The lowest BCUT2D eigenvalue weighted by molar-refractivity contribution is 0.1000. The standard InChI is InChI=1S/C17H14N4OS/c1-10-5-6-14(16-15(10)12(8-18)9-20-16)21-23-13-4-2-3-11(7-13)17(19)22/h2-7,9,20-21H,1H3,(H2,19,22). The number of rotatable bonds is 4. The maximum atomic E-state index is 11.2. The predicted octanol–water partition coefficient (Wildman–Crippen LogP) is 3.57. The number of fused-ring (bicyclic) bond motifs is 1. The third kappa shape index (κ3) is 2.87. The van der Waals surface area contributed by atoms with Crippen LogP contribution >= 0.6 is 11.9 Å². The molecular formula is C17H14N4OS. The van der Waals surface area contributed by atoms with Crippen LogP contribution in [0.2, 0.25) is 0 Å². The summed E-state index contributed by atoms with van der Waals surface area (Å²) in [5.74, 6) is -0.451. The Labute approximate surface area is 137 Å². The number of hydrogen-bond donors (Lipinski definition) is 3. The number of nitrogens with two attached hydrogens (primary N) is 1. The average Bonchev–Trinajstić information content (AvgIpc) is 2.99. The first-order chi connectivity index (χ1) is 11.1. The number of hydrogen-bond acceptors (Lipinski definition) is 4. The first-order valence-corrected chi connectivity index (χ1v) is 7.75. The molecule has 1 heterocycles. The summed E-state index contributed by atoms with van der Waals surface area (Å²) in [6, 6.07) is 13.2. The lowest BCUT2D eigenvalue weighted by Crippen LogP contribution is -2.10. The van der Waals surface area contributed by atoms with Crippen LogP contribution in [0.25, 0.3) is 10.9 Å². The molecule has 4 N–H and O–H groups in total. The fraction of sp³-hybridized carbons (Fsp3) is 0.0588. The Morgan fingerprint density at radius 2 is 2.17 bits per heavy atom. The molecule has 0 radical (unpaired) electrons. The molecule has 0 saturated carbocycles. The second kappa shape index (κ2) is 6.07. The van der Waals surface area contributed by atoms with Crippen LogP contribution in [0.3, 0.4) is 0 Å². The molecule has 0 aliphatic heterocycles. The number of primary amides is 1. The minimum Gasteiger partial charge on any atom is -0.366 e. The van der Waals surface area contributed by atoms with E-state index in [1.807, 2.05) is 25.1 Å². The molecule has 3 aromatic rings. The molecule has 23 heavy (non-hydrogen) atoms. The number of carbonyl (C=O) groups is 1. The average molecular weight is 322 g/mol. The summed E-state index contributed by atoms with van der Waals surface area (Å²) in [7, 11) is 0. The van der Waals surface area contributed by atoms with Crippen LogP contribution in [0.1, 0.15) is 21.5 Å². The molecule has 0 fully saturated rings. The summed E-state index contributed by atoms with van der Waals surface area (Å²) < 4.78 is 3.26. The number of aromatic amines is 1. The van der Waals surface area contributed by atoms with Crippen LogP contribution < -0.4 is 10.5 Å². The molecule has 1 aromatic heterocycles. The third-order valence-electron chi connectivity index (χ3n) is 3.56. The number of nitriles is 1. The maximum Gasteiger partial charge on any atom is 0.248 e. The quantitative estimate of drug-likeness (QED) is 0.640. The molecule has 0 bridgehead atoms. The number of nitrogens with zero attached hydrogens (tertiary/aromatic N) is 1. The van der Waals surface area contributed by atoms with E-state index in [9.17, 15) is 10.1 Å². The topological polar surface area (TPSA) is 94.7 Å². The van der Waals surface area contributed by atoms with Crippen molar-refractivity contribution in [2.24, 2.45) is 5.73 Å². The van der Waals surface area contributed by atoms with Crippen LogP contribution in [-0.4, -0.2) is 10.9 Å². The molecule has 0 saturated heterocycles. The fourth-order valence-corrected chi connectivity index (χ4v) is 3.15. The highest BCUT2D eigenvalue weighted by atomic mass is 32.2. The Hall–Kier alpha value is -2.91. The molecule has 5 nitrogen and oxygen atoms in total. The zero-order valence-electron chi connectivity index (χ0n) is 12.4. The van der Waals surface area contributed by atoms with E-state index in [2.05, 4.69) is 15.8 Å². The molecule has 6 heteroatoms. The van der Waals surface area contributed by atoms with Gasteiger partial charge in [-0.25, -0.2) is 0 Å². The first kappa shape index (κ1) is 15.0. The van der Waals surface area contributed by atoms with Gasteiger partial charge in [-0.15, -0.1) is 0 Å². The predicted molar refractivity (Wildman–Crippen MR) is 92.2 cm³/mol. The van der Waals surface area contributed by atoms with Gasteiger partial charge < -0.3 is 15.4 Å². The zero-order chi connectivity index (χ0) is 16.4. The summed E-state index contributed by atoms with van der Waals surface area (Å²) in [5, 5.41) is 10.1. The van der Waals surface area contributed by atoms with E-state index in [4.69, 9.17) is 5.73 Å². The van der Waals surface area contributed by atoms with Crippen molar-refractivity contribution in [3.05, 3.63) is 59.3 Å². The second-order valence-electron chi connectivity index (χ2n) is 5.09. The monoisotopic (exact) mass is 322 g/mol. The van der Waals surface area contributed by atoms with E-state index in [1.165, 1.54) is 11.9 Å². The largest absolute Gasteiger partial charge is 0.366 e. The number of benzene rings is 2. The van der Waals surface area contributed by atoms with Crippen molar-refractivity contribution in [2.45, 2.75) is 11.8 Å². The fourth-order valence-electron chi connectivity index (χ4n) is 2.42. The van der Waals surface area contributed by atoms with Crippen molar-refractivity contribution in [3.63, 3.8) is 0 Å². The molecular weight excluding hydrogens is 308 g/mol. The first-order valence-electron chi connectivity index (χ1n) is 6.93. The molecule has 0 atom stereocenters. The van der Waals surface area contributed by atoms with Crippen LogP contribution in [0.15, 0.2) is 47.5 Å². The Bertz CT molecular complexity index is 939. The number of aryl methyl sites for hydroxylation is 1. The van der Waals surface area contributed by atoms with Gasteiger partial charge in [0.05, 0.1) is 16.8 Å². The van der Waals surface area contributed by atoms with Crippen LogP contribution in [-0.2, 0) is 0 Å². The molecule has 114 valence electrons. The summed E-state index contributed by atoms with van der Waals surface area (Å²) in [4.78, 5) is 15.3. The van der Waals surface area contributed by atoms with E-state index in [0.29, 0.717) is 11.1 Å². The molecule has 3 rings (SSSR count). The highest BCUT2D eigenvalue weighted by Crippen LogP contribution is 2.31. The molecule has 0 aliphatic rings. The molecule has 0 aliphatic carbocycles. The smallest absolute Gasteiger partial charge is 0.248 e. The number of H-pyrrole nitrogens is 1. The van der Waals surface area contributed by atoms with Crippen LogP contribution in [0.4, 0.5) is 5.69 Å². The Kier molecular flexibility index (Phi) is 3.96. The van der Waals surface area contributed by atoms with Crippen molar-refractivity contribution in [3.8, 4) is 6.07 Å². The van der Waals surface area contributed by atoms with E-state index >= 15 is 0 Å². The van der Waals surface area contributed by atoms with E-state index in [1.54, 1.807) is 24.4 Å². The van der Waals surface area contributed by atoms with Gasteiger partial charge in [-0.1, -0.05) is 12.1 Å². The third-order valence-corrected chi connectivity index (χ3v) is 4.37. The highest BCUT2D eigenvalue weighted by Gasteiger charge is 2.10. The van der Waals surface area contributed by atoms with E-state index < -0.39 is 5.91 Å². The summed E-state index contributed by atoms with van der Waals surface area (Å²) in [5.41, 5.74) is 9.20. The van der Waals surface area contributed by atoms with Crippen LogP contribution in [0, 0.1) is 18.3 Å². The van der Waals surface area contributed by atoms with Crippen molar-refractivity contribution >= 4 is 34.4 Å². The van der Waals surface area contributed by atoms with Gasteiger partial charge in [-0.3, -0.25) is 4.79 Å². The summed E-state index contributed by atoms with van der Waals surface area (Å²) in [6.45, 7) is 1.98. The molecule has 2 aromatic carbocycles. The number of aromatic nitrogens is 1. The molecule has 0 spiro atoms. The van der Waals surface area contributed by atoms with Crippen molar-refractivity contribution < 1.29 is 4.79 Å². The van der Waals surface area contributed by atoms with Crippen LogP contribution in [0.5, 0.6) is 0 Å². The Morgan fingerprint density at radius 1 is 1.35 bits per heavy atom. The minimum atomic E-state index is -0.451. The Morgan fingerprint density at radius 3 is 2.91 bits per heavy atom. The lowest BCUT2D eigenvalue weighted by Gasteiger charge is -2.09. The van der Waals surface area contributed by atoms with Gasteiger partial charge in [0.25, 0.3) is 0 Å². The second-order valence-corrected chi connectivity index (χ2v) is 5.97. The van der Waals surface area contributed by atoms with Crippen molar-refractivity contribution in [2.75, 3.05) is 4.72 Å². The van der Waals surface area contributed by atoms with Crippen molar-refractivity contribution in [1.29, 1.82) is 5.26 Å². The van der Waals surface area contributed by atoms with Gasteiger partial charge in [0.2, 0.25) is 5.91 Å². The van der Waals surface area contributed by atoms with Gasteiger partial charge >= 0.3 is 0 Å². The molecule has 1 amide bonds. The van der Waals surface area contributed by atoms with E-state index in [-0.39, 0.29) is 0 Å². The van der Waals surface area contributed by atoms with Gasteiger partial charge in [-0.2, -0.15) is 5.26 Å². The number of carbonyl (C=O) groups excluding carboxylic acids is 1. The Balaban J connectivity index is 1.90. The number of nitrogens with one attached hydrogen (secondary N) is 2. The highest BCUT2D eigenvalue weighted by molar-refractivity contribution is 8.00. The molecule has 0 unspecified atom stereocenters. The zero-order valence-corrected chi connectivity index (χ0v) is 13.2. The lowest BCUT2D eigenvalue weighted by atomic mass is 10.1. The van der Waals surface area contributed by atoms with E-state index in [0.717, 1.165) is 27.0 Å². The minimum absolute atomic E-state index is 0.451. The van der Waals surface area contributed by atoms with Gasteiger partial charge in [0, 0.05) is 22.0 Å². The normalized spacial score (nSPS) is 10.4.